The van der Waals surface area contributed by atoms with Gasteiger partial charge in [0.2, 0.25) is 11.7 Å². The van der Waals surface area contributed by atoms with Crippen LogP contribution in [0, 0.1) is 0 Å². The summed E-state index contributed by atoms with van der Waals surface area (Å²) >= 11 is 1.16. The van der Waals surface area contributed by atoms with Gasteiger partial charge in [-0.3, -0.25) is 14.2 Å². The van der Waals surface area contributed by atoms with E-state index in [0.717, 1.165) is 11.8 Å². The van der Waals surface area contributed by atoms with Crippen LogP contribution in [0.25, 0.3) is 10.9 Å². The molecule has 0 unspecified atom stereocenters. The molecule has 0 aliphatic carbocycles. The number of nitrogens with zero attached hydrogens (tertiary/aromatic N) is 2. The smallest absolute Gasteiger partial charge is 0.262 e. The van der Waals surface area contributed by atoms with Crippen molar-refractivity contribution >= 4 is 34.3 Å². The van der Waals surface area contributed by atoms with Crippen LogP contribution in [-0.4, -0.2) is 42.5 Å². The van der Waals surface area contributed by atoms with Crippen LogP contribution in [0.3, 0.4) is 0 Å². The van der Waals surface area contributed by atoms with Crippen LogP contribution in [0.5, 0.6) is 17.2 Å². The summed E-state index contributed by atoms with van der Waals surface area (Å²) in [5, 5.41) is 3.74. The van der Waals surface area contributed by atoms with Crippen molar-refractivity contribution in [1.29, 1.82) is 0 Å². The van der Waals surface area contributed by atoms with Crippen LogP contribution in [0.15, 0.2) is 69.2 Å². The predicted octanol–water partition coefficient (Wildman–Crippen LogP) is 3.79. The first kappa shape index (κ1) is 23.2. The molecule has 4 aromatic rings. The van der Waals surface area contributed by atoms with E-state index in [-0.39, 0.29) is 23.8 Å². The topological polar surface area (TPSA) is 105 Å². The molecule has 34 heavy (non-hydrogen) atoms. The molecular weight excluding hydrogens is 458 g/mol. The van der Waals surface area contributed by atoms with Crippen LogP contribution >= 0.6 is 11.8 Å². The third kappa shape index (κ3) is 4.86. The fraction of sp³-hybridized carbons (Fsp3) is 0.208. The summed E-state index contributed by atoms with van der Waals surface area (Å²) in [5.74, 6) is 1.63. The van der Waals surface area contributed by atoms with E-state index >= 15 is 0 Å². The lowest BCUT2D eigenvalue weighted by atomic mass is 10.2. The third-order valence-corrected chi connectivity index (χ3v) is 5.98. The Labute approximate surface area is 199 Å². The zero-order valence-electron chi connectivity index (χ0n) is 18.9. The van der Waals surface area contributed by atoms with Gasteiger partial charge in [0.15, 0.2) is 16.7 Å². The van der Waals surface area contributed by atoms with Crippen LogP contribution < -0.4 is 25.1 Å². The van der Waals surface area contributed by atoms with Gasteiger partial charge in [-0.25, -0.2) is 4.98 Å². The minimum atomic E-state index is -0.286. The molecular formula is C24H23N3O6S. The van der Waals surface area contributed by atoms with Crippen molar-refractivity contribution in [3.8, 4) is 17.2 Å². The number of para-hydroxylation sites is 1. The van der Waals surface area contributed by atoms with E-state index in [1.807, 2.05) is 6.07 Å². The van der Waals surface area contributed by atoms with Crippen LogP contribution in [0.2, 0.25) is 0 Å². The standard InChI is InChI=1S/C24H23N3O6S/c1-30-19-11-15(12-20(31-2)22(19)32-3)25-21(28)14-34-24-26-18-9-5-4-8-17(18)23(29)27(24)13-16-7-6-10-33-16/h4-12H,13-14H2,1-3H3,(H,25,28). The van der Waals surface area contributed by atoms with Crippen molar-refractivity contribution in [2.45, 2.75) is 11.7 Å². The van der Waals surface area contributed by atoms with E-state index < -0.39 is 0 Å². The van der Waals surface area contributed by atoms with Crippen LogP contribution in [-0.2, 0) is 11.3 Å². The number of thioether (sulfide) groups is 1. The highest BCUT2D eigenvalue weighted by Crippen LogP contribution is 2.40. The monoisotopic (exact) mass is 481 g/mol. The molecule has 0 atom stereocenters. The molecule has 10 heteroatoms. The van der Waals surface area contributed by atoms with Gasteiger partial charge in [-0.2, -0.15) is 0 Å². The zero-order chi connectivity index (χ0) is 24.1. The number of aromatic nitrogens is 2. The van der Waals surface area contributed by atoms with Gasteiger partial charge in [-0.1, -0.05) is 23.9 Å². The highest BCUT2D eigenvalue weighted by atomic mass is 32.2. The molecule has 2 aromatic carbocycles. The Bertz CT molecular complexity index is 1340. The molecule has 0 spiro atoms. The number of carbonyl (C=O) groups is 1. The molecule has 1 N–H and O–H groups in total. The number of ether oxygens (including phenoxy) is 3. The number of nitrogens with one attached hydrogen (secondary N) is 1. The second-order valence-electron chi connectivity index (χ2n) is 7.13. The molecule has 0 aliphatic rings. The molecule has 1 amide bonds. The number of anilines is 1. The Hall–Kier alpha value is -3.92. The van der Waals surface area contributed by atoms with Gasteiger partial charge in [0, 0.05) is 17.8 Å². The van der Waals surface area contributed by atoms with E-state index in [2.05, 4.69) is 10.3 Å². The number of hydrogen-bond acceptors (Lipinski definition) is 8. The fourth-order valence-corrected chi connectivity index (χ4v) is 4.23. The number of amides is 1. The quantitative estimate of drug-likeness (QED) is 0.284. The molecule has 0 radical (unpaired) electrons. The van der Waals surface area contributed by atoms with Gasteiger partial charge >= 0.3 is 0 Å². The lowest BCUT2D eigenvalue weighted by Gasteiger charge is -2.15. The van der Waals surface area contributed by atoms with E-state index in [0.29, 0.717) is 44.8 Å². The molecule has 0 fully saturated rings. The summed E-state index contributed by atoms with van der Waals surface area (Å²) in [6.45, 7) is 0.209. The molecule has 2 heterocycles. The van der Waals surface area contributed by atoms with Crippen molar-refractivity contribution in [1.82, 2.24) is 9.55 Å². The molecule has 2 aromatic heterocycles. The predicted molar refractivity (Wildman–Crippen MR) is 129 cm³/mol. The number of benzene rings is 2. The summed E-state index contributed by atoms with van der Waals surface area (Å²) in [5.41, 5.74) is 0.852. The largest absolute Gasteiger partial charge is 0.493 e. The van der Waals surface area contributed by atoms with Crippen molar-refractivity contribution in [3.05, 3.63) is 70.9 Å². The molecule has 9 nitrogen and oxygen atoms in total. The minimum Gasteiger partial charge on any atom is -0.493 e. The molecule has 4 rings (SSSR count). The van der Waals surface area contributed by atoms with Gasteiger partial charge < -0.3 is 23.9 Å². The van der Waals surface area contributed by atoms with Crippen LogP contribution in [0.4, 0.5) is 5.69 Å². The number of carbonyl (C=O) groups excluding carboxylic acids is 1. The number of furan rings is 1. The number of methoxy groups -OCH3 is 3. The second kappa shape index (κ2) is 10.3. The average Bonchev–Trinajstić information content (AvgIpc) is 3.37. The minimum absolute atomic E-state index is 0.0274. The van der Waals surface area contributed by atoms with Gasteiger partial charge in [-0.05, 0) is 24.3 Å². The molecule has 0 saturated carbocycles. The van der Waals surface area contributed by atoms with Crippen molar-refractivity contribution in [3.63, 3.8) is 0 Å². The molecule has 176 valence electrons. The van der Waals surface area contributed by atoms with Gasteiger partial charge in [0.25, 0.3) is 5.56 Å². The first-order valence-electron chi connectivity index (χ1n) is 10.3. The lowest BCUT2D eigenvalue weighted by molar-refractivity contribution is -0.113. The van der Waals surface area contributed by atoms with E-state index in [4.69, 9.17) is 18.6 Å². The lowest BCUT2D eigenvalue weighted by Crippen LogP contribution is -2.24. The van der Waals surface area contributed by atoms with E-state index in [1.54, 1.807) is 48.7 Å². The Kier molecular flexibility index (Phi) is 7.07. The van der Waals surface area contributed by atoms with Crippen molar-refractivity contribution < 1.29 is 23.4 Å². The Balaban J connectivity index is 1.57. The second-order valence-corrected chi connectivity index (χ2v) is 8.08. The summed E-state index contributed by atoms with van der Waals surface area (Å²) in [4.78, 5) is 30.5. The fourth-order valence-electron chi connectivity index (χ4n) is 3.44. The Morgan fingerprint density at radius 3 is 2.44 bits per heavy atom. The number of fused-ring (bicyclic) bond motifs is 1. The maximum Gasteiger partial charge on any atom is 0.262 e. The average molecular weight is 482 g/mol. The number of rotatable bonds is 9. The normalized spacial score (nSPS) is 10.8. The maximum atomic E-state index is 13.1. The number of hydrogen-bond donors (Lipinski definition) is 1. The zero-order valence-corrected chi connectivity index (χ0v) is 19.7. The van der Waals surface area contributed by atoms with Gasteiger partial charge in [0.1, 0.15) is 5.76 Å². The van der Waals surface area contributed by atoms with Gasteiger partial charge in [-0.15, -0.1) is 0 Å². The SMILES string of the molecule is COc1cc(NC(=O)CSc2nc3ccccc3c(=O)n2Cc2ccco2)cc(OC)c1OC. The first-order chi connectivity index (χ1) is 16.5. The van der Waals surface area contributed by atoms with E-state index in [1.165, 1.54) is 25.9 Å². The molecule has 0 aliphatic heterocycles. The van der Waals surface area contributed by atoms with Crippen molar-refractivity contribution in [2.75, 3.05) is 32.4 Å². The Morgan fingerprint density at radius 1 is 1.06 bits per heavy atom. The summed E-state index contributed by atoms with van der Waals surface area (Å²) in [6, 6.07) is 13.9. The van der Waals surface area contributed by atoms with Gasteiger partial charge in [0.05, 0.1) is 50.8 Å². The summed E-state index contributed by atoms with van der Waals surface area (Å²) in [7, 11) is 4.51. The summed E-state index contributed by atoms with van der Waals surface area (Å²) in [6.07, 6.45) is 1.55. The molecule has 0 saturated heterocycles. The Morgan fingerprint density at radius 2 is 1.79 bits per heavy atom. The highest BCUT2D eigenvalue weighted by molar-refractivity contribution is 7.99. The first-order valence-corrected chi connectivity index (χ1v) is 11.3. The van der Waals surface area contributed by atoms with E-state index in [9.17, 15) is 9.59 Å². The maximum absolute atomic E-state index is 13.1. The van der Waals surface area contributed by atoms with Crippen LogP contribution in [0.1, 0.15) is 5.76 Å². The van der Waals surface area contributed by atoms with Crippen molar-refractivity contribution in [2.24, 2.45) is 0 Å². The third-order valence-electron chi connectivity index (χ3n) is 5.00. The summed E-state index contributed by atoms with van der Waals surface area (Å²) < 4.78 is 22.9. The molecule has 0 bridgehead atoms. The highest BCUT2D eigenvalue weighted by Gasteiger charge is 2.17.